The van der Waals surface area contributed by atoms with Crippen molar-refractivity contribution >= 4 is 5.95 Å². The maximum absolute atomic E-state index is 4.48. The quantitative estimate of drug-likeness (QED) is 0.888. The number of hydrogen-bond donors (Lipinski definition) is 1. The Bertz CT molecular complexity index is 531. The molecule has 6 nitrogen and oxygen atoms in total. The summed E-state index contributed by atoms with van der Waals surface area (Å²) >= 11 is 0. The van der Waals surface area contributed by atoms with E-state index in [0.717, 1.165) is 17.2 Å². The first-order chi connectivity index (χ1) is 8.56. The summed E-state index contributed by atoms with van der Waals surface area (Å²) in [6.07, 6.45) is 1.67. The molecule has 0 saturated heterocycles. The van der Waals surface area contributed by atoms with Crippen molar-refractivity contribution in [2.45, 2.75) is 33.2 Å². The molecule has 0 aliphatic rings. The van der Waals surface area contributed by atoms with Gasteiger partial charge in [0.25, 0.3) is 0 Å². The summed E-state index contributed by atoms with van der Waals surface area (Å²) in [5, 5.41) is 11.0. The number of hydrogen-bond acceptors (Lipinski definition) is 5. The van der Waals surface area contributed by atoms with E-state index in [-0.39, 0.29) is 0 Å². The molecule has 0 radical (unpaired) electrons. The van der Waals surface area contributed by atoms with E-state index in [4.69, 9.17) is 0 Å². The molecule has 2 rings (SSSR count). The number of nitrogens with one attached hydrogen (secondary N) is 1. The summed E-state index contributed by atoms with van der Waals surface area (Å²) in [6, 6.07) is 2.01. The molecule has 0 aliphatic heterocycles. The fraction of sp³-hybridized carbons (Fsp3) is 0.500. The van der Waals surface area contributed by atoms with Crippen LogP contribution in [-0.4, -0.2) is 24.7 Å². The van der Waals surface area contributed by atoms with Crippen LogP contribution in [0.15, 0.2) is 12.4 Å². The zero-order chi connectivity index (χ0) is 13.1. The average molecular weight is 246 g/mol. The van der Waals surface area contributed by atoms with Gasteiger partial charge in [-0.1, -0.05) is 13.8 Å². The minimum Gasteiger partial charge on any atom is -0.347 e. The van der Waals surface area contributed by atoms with Gasteiger partial charge in [0.1, 0.15) is 6.33 Å². The monoisotopic (exact) mass is 246 g/mol. The van der Waals surface area contributed by atoms with Crippen LogP contribution in [0.1, 0.15) is 37.0 Å². The Labute approximate surface area is 106 Å². The molecule has 0 amide bonds. The topological polar surface area (TPSA) is 68.5 Å². The third-order valence-corrected chi connectivity index (χ3v) is 2.68. The normalized spacial score (nSPS) is 10.9. The van der Waals surface area contributed by atoms with E-state index >= 15 is 0 Å². The Balaban J connectivity index is 2.12. The van der Waals surface area contributed by atoms with Gasteiger partial charge in [-0.2, -0.15) is 0 Å². The number of aromatic nitrogens is 5. The lowest BCUT2D eigenvalue weighted by molar-refractivity contribution is 0.789. The molecule has 0 aliphatic carbocycles. The Kier molecular flexibility index (Phi) is 3.55. The molecule has 0 unspecified atom stereocenters. The maximum Gasteiger partial charge on any atom is 0.223 e. The van der Waals surface area contributed by atoms with Crippen molar-refractivity contribution in [1.82, 2.24) is 24.7 Å². The van der Waals surface area contributed by atoms with E-state index in [0.29, 0.717) is 18.4 Å². The van der Waals surface area contributed by atoms with E-state index in [9.17, 15) is 0 Å². The van der Waals surface area contributed by atoms with Crippen LogP contribution in [0.4, 0.5) is 5.95 Å². The first-order valence-corrected chi connectivity index (χ1v) is 5.98. The molecule has 2 aromatic heterocycles. The van der Waals surface area contributed by atoms with Crippen LogP contribution >= 0.6 is 0 Å². The summed E-state index contributed by atoms with van der Waals surface area (Å²) in [5.74, 6) is 1.88. The van der Waals surface area contributed by atoms with E-state index in [1.54, 1.807) is 6.33 Å². The predicted octanol–water partition coefficient (Wildman–Crippen LogP) is 1.65. The fourth-order valence-corrected chi connectivity index (χ4v) is 1.59. The fourth-order valence-electron chi connectivity index (χ4n) is 1.59. The average Bonchev–Trinajstić information content (AvgIpc) is 2.71. The van der Waals surface area contributed by atoms with Crippen LogP contribution in [0.2, 0.25) is 0 Å². The van der Waals surface area contributed by atoms with Crippen molar-refractivity contribution < 1.29 is 0 Å². The van der Waals surface area contributed by atoms with E-state index in [1.807, 2.05) is 24.6 Å². The molecule has 0 aromatic carbocycles. The van der Waals surface area contributed by atoms with Crippen molar-refractivity contribution in [1.29, 1.82) is 0 Å². The zero-order valence-corrected chi connectivity index (χ0v) is 11.2. The standard InChI is InChI=1S/C12H18N6/c1-8(2)10-5-9(3)15-12(16-10)13-6-11-17-14-7-18(11)4/h5,7-8H,6H2,1-4H3,(H,13,15,16). The van der Waals surface area contributed by atoms with Crippen LogP contribution < -0.4 is 5.32 Å². The lowest BCUT2D eigenvalue weighted by atomic mass is 10.1. The Morgan fingerprint density at radius 2 is 2.11 bits per heavy atom. The summed E-state index contributed by atoms with van der Waals surface area (Å²) < 4.78 is 1.87. The molecule has 18 heavy (non-hydrogen) atoms. The van der Waals surface area contributed by atoms with Crippen LogP contribution in [0.5, 0.6) is 0 Å². The SMILES string of the molecule is Cc1cc(C(C)C)nc(NCc2nncn2C)n1. The highest BCUT2D eigenvalue weighted by Crippen LogP contribution is 2.14. The van der Waals surface area contributed by atoms with Gasteiger partial charge in [0.05, 0.1) is 6.54 Å². The summed E-state index contributed by atoms with van der Waals surface area (Å²) in [6.45, 7) is 6.78. The molecule has 0 fully saturated rings. The summed E-state index contributed by atoms with van der Waals surface area (Å²) in [5.41, 5.74) is 2.01. The van der Waals surface area contributed by atoms with Gasteiger partial charge in [-0.3, -0.25) is 0 Å². The van der Waals surface area contributed by atoms with E-state index < -0.39 is 0 Å². The number of nitrogens with zero attached hydrogens (tertiary/aromatic N) is 5. The van der Waals surface area contributed by atoms with Crippen molar-refractivity contribution in [3.05, 3.63) is 29.6 Å². The van der Waals surface area contributed by atoms with Gasteiger partial charge in [0, 0.05) is 18.4 Å². The van der Waals surface area contributed by atoms with Gasteiger partial charge in [-0.15, -0.1) is 10.2 Å². The largest absolute Gasteiger partial charge is 0.347 e. The summed E-state index contributed by atoms with van der Waals surface area (Å²) in [4.78, 5) is 8.85. The first-order valence-electron chi connectivity index (χ1n) is 5.98. The molecule has 96 valence electrons. The van der Waals surface area contributed by atoms with Crippen molar-refractivity contribution in [3.8, 4) is 0 Å². The van der Waals surface area contributed by atoms with Crippen LogP contribution in [0, 0.1) is 6.92 Å². The van der Waals surface area contributed by atoms with E-state index in [2.05, 4.69) is 39.3 Å². The molecule has 0 atom stereocenters. The molecule has 2 heterocycles. The predicted molar refractivity (Wildman–Crippen MR) is 69.2 cm³/mol. The zero-order valence-electron chi connectivity index (χ0n) is 11.2. The molecule has 2 aromatic rings. The molecular weight excluding hydrogens is 228 g/mol. The van der Waals surface area contributed by atoms with E-state index in [1.165, 1.54) is 0 Å². The molecule has 0 saturated carbocycles. The summed E-state index contributed by atoms with van der Waals surface area (Å²) in [7, 11) is 1.91. The minimum absolute atomic E-state index is 0.391. The molecule has 0 bridgehead atoms. The highest BCUT2D eigenvalue weighted by atomic mass is 15.3. The molecule has 6 heteroatoms. The smallest absolute Gasteiger partial charge is 0.223 e. The third-order valence-electron chi connectivity index (χ3n) is 2.68. The van der Waals surface area contributed by atoms with Crippen molar-refractivity contribution in [2.75, 3.05) is 5.32 Å². The Morgan fingerprint density at radius 1 is 1.33 bits per heavy atom. The molecular formula is C12H18N6. The molecule has 1 N–H and O–H groups in total. The van der Waals surface area contributed by atoms with Crippen LogP contribution in [-0.2, 0) is 13.6 Å². The maximum atomic E-state index is 4.48. The highest BCUT2D eigenvalue weighted by Gasteiger charge is 2.07. The van der Waals surface area contributed by atoms with Gasteiger partial charge in [0.15, 0.2) is 5.82 Å². The third kappa shape index (κ3) is 2.82. The lowest BCUT2D eigenvalue weighted by Gasteiger charge is -2.09. The lowest BCUT2D eigenvalue weighted by Crippen LogP contribution is -2.10. The Hall–Kier alpha value is -1.98. The number of rotatable bonds is 4. The Morgan fingerprint density at radius 3 is 2.72 bits per heavy atom. The van der Waals surface area contributed by atoms with Gasteiger partial charge in [0.2, 0.25) is 5.95 Å². The first kappa shape index (κ1) is 12.5. The van der Waals surface area contributed by atoms with Gasteiger partial charge >= 0.3 is 0 Å². The second-order valence-electron chi connectivity index (χ2n) is 4.62. The second kappa shape index (κ2) is 5.12. The number of anilines is 1. The van der Waals surface area contributed by atoms with Crippen molar-refractivity contribution in [3.63, 3.8) is 0 Å². The van der Waals surface area contributed by atoms with Crippen molar-refractivity contribution in [2.24, 2.45) is 7.05 Å². The van der Waals surface area contributed by atoms with Crippen LogP contribution in [0.25, 0.3) is 0 Å². The number of aryl methyl sites for hydroxylation is 2. The van der Waals surface area contributed by atoms with Gasteiger partial charge in [-0.25, -0.2) is 9.97 Å². The highest BCUT2D eigenvalue weighted by molar-refractivity contribution is 5.29. The van der Waals surface area contributed by atoms with Gasteiger partial charge < -0.3 is 9.88 Å². The molecule has 0 spiro atoms. The second-order valence-corrected chi connectivity index (χ2v) is 4.62. The minimum atomic E-state index is 0.391. The van der Waals surface area contributed by atoms with Crippen LogP contribution in [0.3, 0.4) is 0 Å². The van der Waals surface area contributed by atoms with Gasteiger partial charge in [-0.05, 0) is 18.9 Å².